The number of nitrogens with zero attached hydrogens (tertiary/aromatic N) is 4. The van der Waals surface area contributed by atoms with E-state index in [0.29, 0.717) is 5.56 Å². The standard InChI is InChI=1S/C24H23F2N5O7S/c1-14(29-38-15(2)32)27-21(33)31-24(16-7-4-3-5-8-16,11-6-12-30(22(34)35)23(36)37)39-20(28-31)18-13-17(25)9-10-19(18)26/h3-5,7-10,13H,6,11-12H2,1-2H3,(H,34,35)(H,36,37)(H,27,29,33). The van der Waals surface area contributed by atoms with Crippen LogP contribution in [0, 0.1) is 11.6 Å². The van der Waals surface area contributed by atoms with Crippen LogP contribution < -0.4 is 5.32 Å². The number of carbonyl (C=O) groups excluding carboxylic acids is 2. The Labute approximate surface area is 224 Å². The van der Waals surface area contributed by atoms with Gasteiger partial charge in [0, 0.05) is 19.0 Å². The maximum atomic E-state index is 14.7. The molecule has 15 heteroatoms. The van der Waals surface area contributed by atoms with Gasteiger partial charge in [0.2, 0.25) is 0 Å². The second kappa shape index (κ2) is 12.3. The zero-order chi connectivity index (χ0) is 28.7. The minimum absolute atomic E-state index is 0.0593. The highest BCUT2D eigenvalue weighted by atomic mass is 32.2. The minimum Gasteiger partial charge on any atom is -0.465 e. The van der Waals surface area contributed by atoms with Crippen molar-refractivity contribution in [2.45, 2.75) is 31.6 Å². The minimum atomic E-state index is -1.68. The van der Waals surface area contributed by atoms with Crippen LogP contribution in [0.25, 0.3) is 0 Å². The maximum absolute atomic E-state index is 14.7. The molecule has 1 unspecified atom stereocenters. The smallest absolute Gasteiger partial charge is 0.416 e. The van der Waals surface area contributed by atoms with E-state index in [9.17, 15) is 38.2 Å². The molecule has 206 valence electrons. The molecule has 3 N–H and O–H groups in total. The molecule has 2 aromatic carbocycles. The summed E-state index contributed by atoms with van der Waals surface area (Å²) in [5, 5.41) is 29.5. The van der Waals surface area contributed by atoms with Gasteiger partial charge in [-0.05, 0) is 43.5 Å². The number of benzene rings is 2. The van der Waals surface area contributed by atoms with Gasteiger partial charge < -0.3 is 15.1 Å². The second-order valence-electron chi connectivity index (χ2n) is 8.10. The molecule has 1 atom stereocenters. The first-order chi connectivity index (χ1) is 18.4. The van der Waals surface area contributed by atoms with Crippen LogP contribution in [0.1, 0.15) is 37.8 Å². The zero-order valence-electron chi connectivity index (χ0n) is 20.6. The number of nitrogens with one attached hydrogen (secondary N) is 1. The first kappa shape index (κ1) is 29.0. The lowest BCUT2D eigenvalue weighted by Gasteiger charge is -2.36. The van der Waals surface area contributed by atoms with Crippen molar-refractivity contribution in [3.63, 3.8) is 0 Å². The summed E-state index contributed by atoms with van der Waals surface area (Å²) in [4.78, 5) is 50.5. The first-order valence-corrected chi connectivity index (χ1v) is 12.1. The van der Waals surface area contributed by atoms with Crippen molar-refractivity contribution in [2.24, 2.45) is 10.3 Å². The average molecular weight is 564 g/mol. The van der Waals surface area contributed by atoms with E-state index in [2.05, 4.69) is 20.4 Å². The topological polar surface area (TPSA) is 161 Å². The van der Waals surface area contributed by atoms with Crippen LogP contribution >= 0.6 is 11.8 Å². The van der Waals surface area contributed by atoms with E-state index in [1.165, 1.54) is 6.92 Å². The van der Waals surface area contributed by atoms with Crippen LogP contribution in [0.4, 0.5) is 23.2 Å². The molecule has 1 heterocycles. The largest absolute Gasteiger partial charge is 0.465 e. The lowest BCUT2D eigenvalue weighted by molar-refractivity contribution is -0.141. The van der Waals surface area contributed by atoms with Crippen molar-refractivity contribution in [2.75, 3.05) is 6.54 Å². The van der Waals surface area contributed by atoms with Gasteiger partial charge >= 0.3 is 24.2 Å². The van der Waals surface area contributed by atoms with Gasteiger partial charge in [0.05, 0.1) is 0 Å². The number of rotatable bonds is 7. The molecule has 0 aromatic heterocycles. The Balaban J connectivity index is 2.07. The molecular weight excluding hydrogens is 540 g/mol. The number of carboxylic acid groups (broad SMARTS) is 2. The molecule has 0 bridgehead atoms. The highest BCUT2D eigenvalue weighted by Gasteiger charge is 2.49. The highest BCUT2D eigenvalue weighted by Crippen LogP contribution is 2.50. The van der Waals surface area contributed by atoms with Gasteiger partial charge in [0.25, 0.3) is 0 Å². The number of hydrazone groups is 1. The Kier molecular flexibility index (Phi) is 9.19. The quantitative estimate of drug-likeness (QED) is 0.191. The third-order valence-corrected chi connectivity index (χ3v) is 6.78. The molecule has 3 rings (SSSR count). The molecule has 0 fully saturated rings. The Morgan fingerprint density at radius 3 is 2.38 bits per heavy atom. The number of halogens is 2. The number of hydrogen-bond donors (Lipinski definition) is 3. The van der Waals surface area contributed by atoms with Crippen molar-refractivity contribution in [3.8, 4) is 0 Å². The molecule has 0 radical (unpaired) electrons. The van der Waals surface area contributed by atoms with Crippen molar-refractivity contribution < 1.29 is 43.0 Å². The van der Waals surface area contributed by atoms with Crippen LogP contribution in [0.2, 0.25) is 0 Å². The van der Waals surface area contributed by atoms with E-state index >= 15 is 0 Å². The summed E-state index contributed by atoms with van der Waals surface area (Å²) in [5.74, 6) is -2.40. The SMILES string of the molecule is CC(=O)ON=C(C)NC(=O)N1N=C(c2cc(F)ccc2F)SC1(CCCN(C(=O)O)C(=O)O)c1ccccc1. The van der Waals surface area contributed by atoms with Crippen LogP contribution in [0.5, 0.6) is 0 Å². The van der Waals surface area contributed by atoms with Gasteiger partial charge in [0.1, 0.15) is 27.4 Å². The summed E-state index contributed by atoms with van der Waals surface area (Å²) in [6.45, 7) is 2.01. The summed E-state index contributed by atoms with van der Waals surface area (Å²) in [6.07, 6.45) is -3.49. The van der Waals surface area contributed by atoms with Gasteiger partial charge in [-0.15, -0.1) is 0 Å². The lowest BCUT2D eigenvalue weighted by atomic mass is 10.00. The zero-order valence-corrected chi connectivity index (χ0v) is 21.4. The molecule has 0 spiro atoms. The predicted octanol–water partition coefficient (Wildman–Crippen LogP) is 4.57. The molecule has 1 aliphatic rings. The summed E-state index contributed by atoms with van der Waals surface area (Å²) in [7, 11) is 0. The van der Waals surface area contributed by atoms with E-state index in [-0.39, 0.29) is 34.2 Å². The van der Waals surface area contributed by atoms with Crippen molar-refractivity contribution >= 4 is 46.8 Å². The Hall–Kier alpha value is -4.53. The lowest BCUT2D eigenvalue weighted by Crippen LogP contribution is -2.48. The number of thioether (sulfide) groups is 1. The van der Waals surface area contributed by atoms with E-state index in [1.54, 1.807) is 30.3 Å². The normalized spacial score (nSPS) is 16.9. The van der Waals surface area contributed by atoms with Crippen molar-refractivity contribution in [3.05, 3.63) is 71.3 Å². The average Bonchev–Trinajstić information content (AvgIpc) is 3.27. The molecular formula is C24H23F2N5O7S. The molecule has 0 saturated heterocycles. The molecule has 4 amide bonds. The maximum Gasteiger partial charge on any atom is 0.416 e. The fraction of sp³-hybridized carbons (Fsp3) is 0.250. The van der Waals surface area contributed by atoms with Crippen molar-refractivity contribution in [1.82, 2.24) is 15.2 Å². The van der Waals surface area contributed by atoms with Crippen molar-refractivity contribution in [1.29, 1.82) is 0 Å². The summed E-state index contributed by atoms with van der Waals surface area (Å²) in [5.41, 5.74) is 0.256. The number of amides is 4. The fourth-order valence-corrected chi connectivity index (χ4v) is 5.09. The van der Waals surface area contributed by atoms with Crippen LogP contribution in [0.15, 0.2) is 58.8 Å². The van der Waals surface area contributed by atoms with Gasteiger partial charge in [-0.25, -0.2) is 32.9 Å². The molecule has 0 aliphatic carbocycles. The molecule has 2 aromatic rings. The third kappa shape index (κ3) is 6.87. The fourth-order valence-electron chi connectivity index (χ4n) is 3.67. The first-order valence-electron chi connectivity index (χ1n) is 11.3. The Morgan fingerprint density at radius 2 is 1.77 bits per heavy atom. The Bertz CT molecular complexity index is 1330. The summed E-state index contributed by atoms with van der Waals surface area (Å²) < 4.78 is 28.8. The molecule has 39 heavy (non-hydrogen) atoms. The van der Waals surface area contributed by atoms with E-state index in [4.69, 9.17) is 0 Å². The van der Waals surface area contributed by atoms with Crippen LogP contribution in [-0.4, -0.2) is 61.7 Å². The predicted molar refractivity (Wildman–Crippen MR) is 136 cm³/mol. The van der Waals surface area contributed by atoms with E-state index < -0.39 is 47.2 Å². The van der Waals surface area contributed by atoms with Gasteiger partial charge in [0.15, 0.2) is 0 Å². The molecule has 1 aliphatic heterocycles. The number of imide groups is 1. The Morgan fingerprint density at radius 1 is 1.10 bits per heavy atom. The van der Waals surface area contributed by atoms with E-state index in [1.807, 2.05) is 0 Å². The third-order valence-electron chi connectivity index (χ3n) is 5.33. The van der Waals surface area contributed by atoms with Crippen LogP contribution in [0.3, 0.4) is 0 Å². The second-order valence-corrected chi connectivity index (χ2v) is 9.37. The number of carbonyl (C=O) groups is 4. The van der Waals surface area contributed by atoms with Gasteiger partial charge in [-0.3, -0.25) is 5.32 Å². The monoisotopic (exact) mass is 563 g/mol. The number of hydrogen-bond acceptors (Lipinski definition) is 8. The summed E-state index contributed by atoms with van der Waals surface area (Å²) in [6, 6.07) is 10.2. The molecule has 12 nitrogen and oxygen atoms in total. The highest BCUT2D eigenvalue weighted by molar-refractivity contribution is 8.15. The summed E-state index contributed by atoms with van der Waals surface area (Å²) >= 11 is 0.907. The number of amidine groups is 1. The van der Waals surface area contributed by atoms with Gasteiger partial charge in [-0.1, -0.05) is 47.2 Å². The number of urea groups is 1. The van der Waals surface area contributed by atoms with Crippen LogP contribution in [-0.2, 0) is 14.5 Å². The number of oxime groups is 1. The molecule has 0 saturated carbocycles. The van der Waals surface area contributed by atoms with E-state index in [0.717, 1.165) is 41.9 Å². The van der Waals surface area contributed by atoms with Gasteiger partial charge in [-0.2, -0.15) is 10.1 Å².